The summed E-state index contributed by atoms with van der Waals surface area (Å²) >= 11 is 0. The number of fused-ring (bicyclic) bond motifs is 1. The number of benzene rings is 1. The molecule has 1 atom stereocenters. The lowest BCUT2D eigenvalue weighted by molar-refractivity contribution is 0.0125. The SMILES string of the molecule is CC(NCc1cccc(C(C)(F)F)n1)c1ccc2cnccc2c1. The number of halogens is 2. The van der Waals surface area contributed by atoms with Gasteiger partial charge in [0.2, 0.25) is 0 Å². The molecule has 3 nitrogen and oxygen atoms in total. The van der Waals surface area contributed by atoms with Crippen LogP contribution in [-0.2, 0) is 12.5 Å². The summed E-state index contributed by atoms with van der Waals surface area (Å²) in [6, 6.07) is 13.0. The average molecular weight is 327 g/mol. The zero-order valence-electron chi connectivity index (χ0n) is 13.6. The van der Waals surface area contributed by atoms with E-state index in [9.17, 15) is 8.78 Å². The molecule has 1 N–H and O–H groups in total. The largest absolute Gasteiger partial charge is 0.305 e. The number of nitrogens with zero attached hydrogens (tertiary/aromatic N) is 2. The van der Waals surface area contributed by atoms with Gasteiger partial charge in [0.25, 0.3) is 5.92 Å². The first-order chi connectivity index (χ1) is 11.4. The Kier molecular flexibility index (Phi) is 4.53. The summed E-state index contributed by atoms with van der Waals surface area (Å²) in [5.41, 5.74) is 1.53. The highest BCUT2D eigenvalue weighted by atomic mass is 19.3. The second-order valence-corrected chi connectivity index (χ2v) is 5.99. The van der Waals surface area contributed by atoms with Crippen LogP contribution in [0.1, 0.15) is 36.8 Å². The van der Waals surface area contributed by atoms with Gasteiger partial charge in [-0.05, 0) is 42.1 Å². The Labute approximate surface area is 139 Å². The Balaban J connectivity index is 1.71. The van der Waals surface area contributed by atoms with Crippen LogP contribution in [0.5, 0.6) is 0 Å². The normalized spacial score (nSPS) is 13.2. The number of alkyl halides is 2. The Bertz CT molecular complexity index is 843. The summed E-state index contributed by atoms with van der Waals surface area (Å²) in [6.07, 6.45) is 3.60. The van der Waals surface area contributed by atoms with E-state index in [1.807, 2.05) is 31.3 Å². The molecule has 3 rings (SSSR count). The molecule has 0 saturated heterocycles. The molecule has 1 unspecified atom stereocenters. The zero-order chi connectivity index (χ0) is 17.2. The number of hydrogen-bond donors (Lipinski definition) is 1. The van der Waals surface area contributed by atoms with Crippen LogP contribution in [0.3, 0.4) is 0 Å². The van der Waals surface area contributed by atoms with Crippen LogP contribution in [0.15, 0.2) is 54.9 Å². The van der Waals surface area contributed by atoms with Crippen molar-refractivity contribution < 1.29 is 8.78 Å². The molecule has 0 radical (unpaired) electrons. The number of pyridine rings is 2. The van der Waals surface area contributed by atoms with Crippen molar-refractivity contribution in [2.75, 3.05) is 0 Å². The fourth-order valence-corrected chi connectivity index (χ4v) is 2.57. The maximum absolute atomic E-state index is 13.4. The van der Waals surface area contributed by atoms with Crippen molar-refractivity contribution in [1.82, 2.24) is 15.3 Å². The highest BCUT2D eigenvalue weighted by Crippen LogP contribution is 2.25. The van der Waals surface area contributed by atoms with Gasteiger partial charge in [-0.15, -0.1) is 0 Å². The van der Waals surface area contributed by atoms with Crippen molar-refractivity contribution in [3.05, 3.63) is 71.8 Å². The first-order valence-corrected chi connectivity index (χ1v) is 7.85. The number of hydrogen-bond acceptors (Lipinski definition) is 3. The van der Waals surface area contributed by atoms with E-state index in [4.69, 9.17) is 0 Å². The van der Waals surface area contributed by atoms with Gasteiger partial charge in [-0.25, -0.2) is 0 Å². The molecule has 0 fully saturated rings. The number of rotatable bonds is 5. The molecule has 2 heterocycles. The minimum atomic E-state index is -2.92. The van der Waals surface area contributed by atoms with Crippen molar-refractivity contribution in [2.24, 2.45) is 0 Å². The van der Waals surface area contributed by atoms with Gasteiger partial charge in [0.05, 0.1) is 5.69 Å². The fraction of sp³-hybridized carbons (Fsp3) is 0.263. The van der Waals surface area contributed by atoms with Crippen molar-refractivity contribution >= 4 is 10.8 Å². The maximum atomic E-state index is 13.4. The van der Waals surface area contributed by atoms with Gasteiger partial charge in [-0.1, -0.05) is 18.2 Å². The molecule has 0 bridgehead atoms. The van der Waals surface area contributed by atoms with E-state index in [1.165, 1.54) is 6.07 Å². The molecule has 0 spiro atoms. The second-order valence-electron chi connectivity index (χ2n) is 5.99. The van der Waals surface area contributed by atoms with E-state index < -0.39 is 5.92 Å². The minimum absolute atomic E-state index is 0.0789. The van der Waals surface area contributed by atoms with Crippen molar-refractivity contribution in [2.45, 2.75) is 32.4 Å². The van der Waals surface area contributed by atoms with E-state index in [0.717, 1.165) is 23.3 Å². The summed E-state index contributed by atoms with van der Waals surface area (Å²) in [7, 11) is 0. The molecule has 1 aromatic carbocycles. The van der Waals surface area contributed by atoms with Crippen LogP contribution < -0.4 is 5.32 Å². The van der Waals surface area contributed by atoms with Gasteiger partial charge >= 0.3 is 0 Å². The molecule has 2 aromatic heterocycles. The predicted octanol–water partition coefficient (Wildman–Crippen LogP) is 4.59. The zero-order valence-corrected chi connectivity index (χ0v) is 13.6. The molecule has 0 aliphatic rings. The lowest BCUT2D eigenvalue weighted by Gasteiger charge is -2.16. The fourth-order valence-electron chi connectivity index (χ4n) is 2.57. The van der Waals surface area contributed by atoms with E-state index in [0.29, 0.717) is 12.2 Å². The summed E-state index contributed by atoms with van der Waals surface area (Å²) in [4.78, 5) is 8.15. The molecule has 0 amide bonds. The van der Waals surface area contributed by atoms with Gasteiger partial charge in [-0.3, -0.25) is 9.97 Å². The highest BCUT2D eigenvalue weighted by Gasteiger charge is 2.26. The third-order valence-electron chi connectivity index (χ3n) is 4.01. The van der Waals surface area contributed by atoms with E-state index in [2.05, 4.69) is 21.4 Å². The van der Waals surface area contributed by atoms with Gasteiger partial charge in [0, 0.05) is 37.3 Å². The van der Waals surface area contributed by atoms with Gasteiger partial charge < -0.3 is 5.32 Å². The lowest BCUT2D eigenvalue weighted by Crippen LogP contribution is -2.20. The average Bonchev–Trinajstić information content (AvgIpc) is 2.59. The van der Waals surface area contributed by atoms with Crippen LogP contribution in [0.4, 0.5) is 8.78 Å². The summed E-state index contributed by atoms with van der Waals surface area (Å²) < 4.78 is 26.7. The molecular weight excluding hydrogens is 308 g/mol. The van der Waals surface area contributed by atoms with Gasteiger partial charge in [-0.2, -0.15) is 8.78 Å². The van der Waals surface area contributed by atoms with Gasteiger partial charge in [0.15, 0.2) is 0 Å². The molecule has 0 aliphatic heterocycles. The van der Waals surface area contributed by atoms with Crippen molar-refractivity contribution in [3.8, 4) is 0 Å². The van der Waals surface area contributed by atoms with Gasteiger partial charge in [0.1, 0.15) is 5.69 Å². The molecule has 124 valence electrons. The summed E-state index contributed by atoms with van der Waals surface area (Å²) in [5.74, 6) is -2.92. The topological polar surface area (TPSA) is 37.8 Å². The second kappa shape index (κ2) is 6.61. The summed E-state index contributed by atoms with van der Waals surface area (Å²) in [6.45, 7) is 3.33. The minimum Gasteiger partial charge on any atom is -0.305 e. The molecular formula is C19H19F2N3. The number of nitrogens with one attached hydrogen (secondary N) is 1. The Morgan fingerprint density at radius 1 is 1.12 bits per heavy atom. The van der Waals surface area contributed by atoms with Crippen LogP contribution in [0, 0.1) is 0 Å². The monoisotopic (exact) mass is 327 g/mol. The highest BCUT2D eigenvalue weighted by molar-refractivity contribution is 5.82. The first kappa shape index (κ1) is 16.5. The molecule has 24 heavy (non-hydrogen) atoms. The quantitative estimate of drug-likeness (QED) is 0.744. The van der Waals surface area contributed by atoms with E-state index in [1.54, 1.807) is 18.3 Å². The lowest BCUT2D eigenvalue weighted by atomic mass is 10.0. The third-order valence-corrected chi connectivity index (χ3v) is 4.01. The first-order valence-electron chi connectivity index (χ1n) is 7.85. The molecule has 0 saturated carbocycles. The van der Waals surface area contributed by atoms with Crippen molar-refractivity contribution in [3.63, 3.8) is 0 Å². The van der Waals surface area contributed by atoms with E-state index >= 15 is 0 Å². The van der Waals surface area contributed by atoms with E-state index in [-0.39, 0.29) is 11.7 Å². The Morgan fingerprint density at radius 2 is 1.96 bits per heavy atom. The standard InChI is InChI=1S/C19H19F2N3/c1-13(14-6-7-16-11-22-9-8-15(16)10-14)23-12-17-4-3-5-18(24-17)19(2,20)21/h3-11,13,23H,12H2,1-2H3. The van der Waals surface area contributed by atoms with Crippen LogP contribution in [-0.4, -0.2) is 9.97 Å². The third kappa shape index (κ3) is 3.74. The predicted molar refractivity (Wildman–Crippen MR) is 90.8 cm³/mol. The molecule has 0 aliphatic carbocycles. The number of aromatic nitrogens is 2. The smallest absolute Gasteiger partial charge is 0.286 e. The Hall–Kier alpha value is -2.40. The summed E-state index contributed by atoms with van der Waals surface area (Å²) in [5, 5.41) is 5.55. The molecule has 3 aromatic rings. The Morgan fingerprint density at radius 3 is 2.75 bits per heavy atom. The molecule has 5 heteroatoms. The van der Waals surface area contributed by atoms with Crippen LogP contribution in [0.25, 0.3) is 10.8 Å². The van der Waals surface area contributed by atoms with Crippen LogP contribution >= 0.6 is 0 Å². The maximum Gasteiger partial charge on any atom is 0.286 e. The van der Waals surface area contributed by atoms with Crippen LogP contribution in [0.2, 0.25) is 0 Å². The van der Waals surface area contributed by atoms with Crippen molar-refractivity contribution in [1.29, 1.82) is 0 Å².